The van der Waals surface area contributed by atoms with Gasteiger partial charge in [0.15, 0.2) is 0 Å². The van der Waals surface area contributed by atoms with E-state index in [0.29, 0.717) is 6.42 Å². The van der Waals surface area contributed by atoms with Crippen LogP contribution in [0.4, 0.5) is 0 Å². The molecule has 0 aliphatic rings. The van der Waals surface area contributed by atoms with Crippen LogP contribution in [0.25, 0.3) is 0 Å². The molecule has 0 aromatic heterocycles. The summed E-state index contributed by atoms with van der Waals surface area (Å²) in [6, 6.07) is 2.17. The van der Waals surface area contributed by atoms with E-state index in [9.17, 15) is 0 Å². The van der Waals surface area contributed by atoms with E-state index >= 15 is 0 Å². The first kappa shape index (κ1) is 13.7. The molecule has 0 saturated carbocycles. The Morgan fingerprint density at radius 1 is 0.933 bits per heavy atom. The molecular formula is C14H21N. The molecule has 15 heavy (non-hydrogen) atoms. The molecule has 0 atom stereocenters. The Balaban J connectivity index is 3.20. The van der Waals surface area contributed by atoms with Crippen LogP contribution in [0, 0.1) is 11.3 Å². The van der Waals surface area contributed by atoms with Crippen LogP contribution in [0.1, 0.15) is 45.4 Å². The van der Waals surface area contributed by atoms with Crippen LogP contribution in [0.5, 0.6) is 0 Å². The summed E-state index contributed by atoms with van der Waals surface area (Å²) in [6.07, 6.45) is 19.0. The van der Waals surface area contributed by atoms with Crippen LogP contribution in [0.15, 0.2) is 36.5 Å². The van der Waals surface area contributed by atoms with Gasteiger partial charge >= 0.3 is 0 Å². The molecule has 0 saturated heterocycles. The Morgan fingerprint density at radius 3 is 2.40 bits per heavy atom. The Morgan fingerprint density at radius 2 is 1.67 bits per heavy atom. The highest BCUT2D eigenvalue weighted by molar-refractivity contribution is 5.10. The van der Waals surface area contributed by atoms with Crippen molar-refractivity contribution in [1.82, 2.24) is 0 Å². The highest BCUT2D eigenvalue weighted by Gasteiger charge is 1.87. The molecule has 0 aliphatic carbocycles. The number of hydrogen-bond acceptors (Lipinski definition) is 1. The van der Waals surface area contributed by atoms with E-state index in [4.69, 9.17) is 5.26 Å². The highest BCUT2D eigenvalue weighted by atomic mass is 14.2. The maximum Gasteiger partial charge on any atom is 0.0621 e. The van der Waals surface area contributed by atoms with Crippen LogP contribution in [-0.4, -0.2) is 0 Å². The average molecular weight is 203 g/mol. The third-order valence-electron chi connectivity index (χ3n) is 2.07. The molecule has 0 N–H and O–H groups in total. The summed E-state index contributed by atoms with van der Waals surface area (Å²) in [6.45, 7) is 2.01. The van der Waals surface area contributed by atoms with Gasteiger partial charge in [-0.3, -0.25) is 0 Å². The first-order valence-electron chi connectivity index (χ1n) is 5.73. The van der Waals surface area contributed by atoms with Crippen LogP contribution >= 0.6 is 0 Å². The van der Waals surface area contributed by atoms with Gasteiger partial charge in [-0.05, 0) is 26.2 Å². The van der Waals surface area contributed by atoms with Crippen LogP contribution in [-0.2, 0) is 0 Å². The summed E-state index contributed by atoms with van der Waals surface area (Å²) < 4.78 is 0. The zero-order valence-corrected chi connectivity index (χ0v) is 9.65. The molecule has 0 heterocycles. The minimum atomic E-state index is 0.710. The smallest absolute Gasteiger partial charge is 0.0621 e. The van der Waals surface area contributed by atoms with Crippen molar-refractivity contribution < 1.29 is 0 Å². The fraction of sp³-hybridized carbons (Fsp3) is 0.500. The normalized spacial score (nSPS) is 11.7. The number of nitriles is 1. The minimum Gasteiger partial charge on any atom is -0.198 e. The fourth-order valence-electron chi connectivity index (χ4n) is 1.23. The summed E-state index contributed by atoms with van der Waals surface area (Å²) in [5.74, 6) is 0. The summed E-state index contributed by atoms with van der Waals surface area (Å²) >= 11 is 0. The van der Waals surface area contributed by atoms with Gasteiger partial charge in [0, 0.05) is 6.42 Å². The number of hydrogen-bond donors (Lipinski definition) is 0. The zero-order valence-electron chi connectivity index (χ0n) is 9.65. The van der Waals surface area contributed by atoms with E-state index in [1.165, 1.54) is 19.3 Å². The number of nitrogens with zero attached hydrogens (tertiary/aromatic N) is 1. The second-order valence-electron chi connectivity index (χ2n) is 3.45. The Bertz CT molecular complexity index is 241. The Hall–Kier alpha value is -1.29. The predicted octanol–water partition coefficient (Wildman–Crippen LogP) is 4.54. The van der Waals surface area contributed by atoms with Gasteiger partial charge in [-0.15, -0.1) is 0 Å². The van der Waals surface area contributed by atoms with Gasteiger partial charge in [-0.25, -0.2) is 0 Å². The third kappa shape index (κ3) is 12.7. The largest absolute Gasteiger partial charge is 0.198 e. The van der Waals surface area contributed by atoms with Crippen molar-refractivity contribution in [2.75, 3.05) is 0 Å². The molecule has 0 amide bonds. The summed E-state index contributed by atoms with van der Waals surface area (Å²) in [4.78, 5) is 0. The Labute approximate surface area is 93.8 Å². The first-order valence-corrected chi connectivity index (χ1v) is 5.73. The van der Waals surface area contributed by atoms with Crippen LogP contribution in [0.3, 0.4) is 0 Å². The molecule has 0 aromatic rings. The molecule has 0 fully saturated rings. The predicted molar refractivity (Wildman–Crippen MR) is 66.4 cm³/mol. The zero-order chi connectivity index (χ0) is 11.2. The lowest BCUT2D eigenvalue weighted by molar-refractivity contribution is 0.655. The fourth-order valence-corrected chi connectivity index (χ4v) is 1.23. The van der Waals surface area contributed by atoms with E-state index in [2.05, 4.69) is 24.3 Å². The molecule has 0 aliphatic heterocycles. The first-order chi connectivity index (χ1) is 7.41. The molecule has 1 nitrogen and oxygen atoms in total. The van der Waals surface area contributed by atoms with Crippen molar-refractivity contribution in [3.63, 3.8) is 0 Å². The van der Waals surface area contributed by atoms with E-state index in [-0.39, 0.29) is 0 Å². The minimum absolute atomic E-state index is 0.710. The Kier molecular flexibility index (Phi) is 11.6. The standard InChI is InChI=1S/C14H21N/c1-2-3-4-5-6-7-8-9-10-11-12-13-14-15/h2-7H,8-13H2,1H3/b3-2+,5-4+,7-6+. The summed E-state index contributed by atoms with van der Waals surface area (Å²) in [7, 11) is 0. The topological polar surface area (TPSA) is 23.8 Å². The van der Waals surface area contributed by atoms with Crippen molar-refractivity contribution in [3.8, 4) is 6.07 Å². The van der Waals surface area contributed by atoms with Gasteiger partial charge < -0.3 is 0 Å². The van der Waals surface area contributed by atoms with Crippen LogP contribution < -0.4 is 0 Å². The van der Waals surface area contributed by atoms with Gasteiger partial charge in [0.25, 0.3) is 0 Å². The van der Waals surface area contributed by atoms with Crippen molar-refractivity contribution in [1.29, 1.82) is 5.26 Å². The van der Waals surface area contributed by atoms with E-state index < -0.39 is 0 Å². The molecule has 0 rings (SSSR count). The second-order valence-corrected chi connectivity index (χ2v) is 3.45. The van der Waals surface area contributed by atoms with Crippen LogP contribution in [0.2, 0.25) is 0 Å². The lowest BCUT2D eigenvalue weighted by Gasteiger charge is -1.94. The third-order valence-corrected chi connectivity index (χ3v) is 2.07. The second kappa shape index (κ2) is 12.7. The quantitative estimate of drug-likeness (QED) is 0.419. The number of unbranched alkanes of at least 4 members (excludes halogenated alkanes) is 5. The lowest BCUT2D eigenvalue weighted by Crippen LogP contribution is -1.76. The summed E-state index contributed by atoms with van der Waals surface area (Å²) in [5.41, 5.74) is 0. The molecule has 1 heteroatoms. The SMILES string of the molecule is C/C=C/C=C/C=C/CCCCCCC#N. The maximum atomic E-state index is 8.34. The van der Waals surface area contributed by atoms with Crippen molar-refractivity contribution >= 4 is 0 Å². The molecule has 0 radical (unpaired) electrons. The average Bonchev–Trinajstić information content (AvgIpc) is 2.26. The summed E-state index contributed by atoms with van der Waals surface area (Å²) in [5, 5.41) is 8.34. The van der Waals surface area contributed by atoms with Gasteiger partial charge in [-0.1, -0.05) is 49.3 Å². The molecule has 0 spiro atoms. The van der Waals surface area contributed by atoms with Gasteiger partial charge in [0.05, 0.1) is 6.07 Å². The van der Waals surface area contributed by atoms with Gasteiger partial charge in [0.2, 0.25) is 0 Å². The van der Waals surface area contributed by atoms with Crippen molar-refractivity contribution in [2.45, 2.75) is 45.4 Å². The van der Waals surface area contributed by atoms with Crippen molar-refractivity contribution in [2.24, 2.45) is 0 Å². The van der Waals surface area contributed by atoms with E-state index in [0.717, 1.165) is 12.8 Å². The van der Waals surface area contributed by atoms with Gasteiger partial charge in [0.1, 0.15) is 0 Å². The molecular weight excluding hydrogens is 182 g/mol. The van der Waals surface area contributed by atoms with Gasteiger partial charge in [-0.2, -0.15) is 5.26 Å². The lowest BCUT2D eigenvalue weighted by atomic mass is 10.1. The monoisotopic (exact) mass is 203 g/mol. The van der Waals surface area contributed by atoms with E-state index in [1.807, 2.05) is 25.2 Å². The molecule has 0 bridgehead atoms. The molecule has 82 valence electrons. The van der Waals surface area contributed by atoms with Crippen molar-refractivity contribution in [3.05, 3.63) is 36.5 Å². The maximum absolute atomic E-state index is 8.34. The number of allylic oxidation sites excluding steroid dienone is 6. The number of rotatable bonds is 8. The molecule has 0 aromatic carbocycles. The highest BCUT2D eigenvalue weighted by Crippen LogP contribution is 2.05. The molecule has 0 unspecified atom stereocenters. The van der Waals surface area contributed by atoms with E-state index in [1.54, 1.807) is 0 Å².